The van der Waals surface area contributed by atoms with Gasteiger partial charge in [-0.05, 0) is 43.3 Å². The Morgan fingerprint density at radius 2 is 1.85 bits per heavy atom. The van der Waals surface area contributed by atoms with Crippen LogP contribution in [0.3, 0.4) is 0 Å². The Labute approximate surface area is 165 Å². The van der Waals surface area contributed by atoms with E-state index in [0.29, 0.717) is 11.7 Å². The van der Waals surface area contributed by atoms with E-state index in [1.54, 1.807) is 6.07 Å². The first-order valence-corrected chi connectivity index (χ1v) is 9.59. The fourth-order valence-corrected chi connectivity index (χ4v) is 3.49. The van der Waals surface area contributed by atoms with E-state index in [2.05, 4.69) is 29.0 Å². The number of rotatable bonds is 8. The summed E-state index contributed by atoms with van der Waals surface area (Å²) in [6.07, 6.45) is 0.281. The van der Waals surface area contributed by atoms with Crippen LogP contribution in [0.5, 0.6) is 0 Å². The molecule has 2 rings (SSSR count). The van der Waals surface area contributed by atoms with Crippen LogP contribution in [0.25, 0.3) is 0 Å². The Hall–Kier alpha value is -1.62. The van der Waals surface area contributed by atoms with Gasteiger partial charge in [0.15, 0.2) is 0 Å². The second-order valence-electron chi connectivity index (χ2n) is 6.12. The van der Waals surface area contributed by atoms with Crippen molar-refractivity contribution in [1.82, 2.24) is 15.2 Å². The first-order chi connectivity index (χ1) is 12.5. The number of likely N-dealkylation sites (N-methyl/N-ethyl adjacent to an activating group) is 1. The maximum absolute atomic E-state index is 12.4. The van der Waals surface area contributed by atoms with Crippen LogP contribution in [0.4, 0.5) is 0 Å². The van der Waals surface area contributed by atoms with Crippen molar-refractivity contribution in [2.45, 2.75) is 33.2 Å². The van der Waals surface area contributed by atoms with Crippen molar-refractivity contribution in [2.75, 3.05) is 19.6 Å². The zero-order valence-electron chi connectivity index (χ0n) is 15.4. The van der Waals surface area contributed by atoms with Crippen LogP contribution in [0.1, 0.15) is 36.7 Å². The van der Waals surface area contributed by atoms with Crippen LogP contribution >= 0.6 is 23.2 Å². The molecule has 1 N–H and O–H groups in total. The molecule has 0 aliphatic carbocycles. The van der Waals surface area contributed by atoms with Crippen LogP contribution in [-0.2, 0) is 11.2 Å². The summed E-state index contributed by atoms with van der Waals surface area (Å²) in [7, 11) is 0. The zero-order valence-corrected chi connectivity index (χ0v) is 16.9. The van der Waals surface area contributed by atoms with E-state index < -0.39 is 0 Å². The van der Waals surface area contributed by atoms with Crippen LogP contribution in [-0.4, -0.2) is 35.4 Å². The molecule has 1 atom stereocenters. The van der Waals surface area contributed by atoms with Gasteiger partial charge < -0.3 is 5.32 Å². The lowest BCUT2D eigenvalue weighted by molar-refractivity contribution is -0.120. The topological polar surface area (TPSA) is 45.2 Å². The molecule has 0 radical (unpaired) electrons. The second kappa shape index (κ2) is 9.91. The summed E-state index contributed by atoms with van der Waals surface area (Å²) >= 11 is 12.3. The molecule has 0 unspecified atom stereocenters. The number of amides is 1. The van der Waals surface area contributed by atoms with Gasteiger partial charge in [-0.3, -0.25) is 9.69 Å². The fourth-order valence-electron chi connectivity index (χ4n) is 3.04. The van der Waals surface area contributed by atoms with Crippen LogP contribution in [0.15, 0.2) is 36.4 Å². The Morgan fingerprint density at radius 1 is 1.15 bits per heavy atom. The van der Waals surface area contributed by atoms with Gasteiger partial charge in [0, 0.05) is 17.3 Å². The first kappa shape index (κ1) is 20.7. The standard InChI is InChI=1S/C20H25Cl2N3O/c1-4-25(5-2)18(16-8-6-7-9-17(16)21)13-23-20(26)12-15-10-11-19(22)24-14(15)3/h6-11,18H,4-5,12-13H2,1-3H3,(H,23,26)/t18-/m0/s1. The molecule has 26 heavy (non-hydrogen) atoms. The summed E-state index contributed by atoms with van der Waals surface area (Å²) in [5.74, 6) is -0.0403. The largest absolute Gasteiger partial charge is 0.354 e. The highest BCUT2D eigenvalue weighted by Crippen LogP contribution is 2.27. The molecule has 1 aromatic heterocycles. The molecule has 0 spiro atoms. The van der Waals surface area contributed by atoms with Gasteiger partial charge in [-0.1, -0.05) is 61.3 Å². The number of nitrogens with one attached hydrogen (secondary N) is 1. The van der Waals surface area contributed by atoms with E-state index in [1.807, 2.05) is 37.3 Å². The lowest BCUT2D eigenvalue weighted by atomic mass is 10.0. The van der Waals surface area contributed by atoms with Gasteiger partial charge in [0.25, 0.3) is 0 Å². The van der Waals surface area contributed by atoms with Crippen molar-refractivity contribution in [3.8, 4) is 0 Å². The molecule has 1 heterocycles. The lowest BCUT2D eigenvalue weighted by Crippen LogP contribution is -2.38. The van der Waals surface area contributed by atoms with Crippen molar-refractivity contribution < 1.29 is 4.79 Å². The minimum atomic E-state index is -0.0403. The van der Waals surface area contributed by atoms with Crippen LogP contribution in [0.2, 0.25) is 10.2 Å². The molecule has 1 amide bonds. The minimum Gasteiger partial charge on any atom is -0.354 e. The summed E-state index contributed by atoms with van der Waals surface area (Å²) in [4.78, 5) is 18.9. The van der Waals surface area contributed by atoms with Gasteiger partial charge in [0.2, 0.25) is 5.91 Å². The van der Waals surface area contributed by atoms with Gasteiger partial charge in [-0.15, -0.1) is 0 Å². The zero-order chi connectivity index (χ0) is 19.1. The van der Waals surface area contributed by atoms with Gasteiger partial charge in [0.05, 0.1) is 12.5 Å². The fraction of sp³-hybridized carbons (Fsp3) is 0.400. The Kier molecular flexibility index (Phi) is 7.88. The number of benzene rings is 1. The average molecular weight is 394 g/mol. The number of aromatic nitrogens is 1. The molecule has 0 aliphatic rings. The smallest absolute Gasteiger partial charge is 0.224 e. The third-order valence-electron chi connectivity index (χ3n) is 4.52. The second-order valence-corrected chi connectivity index (χ2v) is 6.91. The first-order valence-electron chi connectivity index (χ1n) is 8.83. The van der Waals surface area contributed by atoms with Gasteiger partial charge in [0.1, 0.15) is 5.15 Å². The number of hydrogen-bond acceptors (Lipinski definition) is 3. The van der Waals surface area contributed by atoms with Crippen LogP contribution in [0, 0.1) is 6.92 Å². The SMILES string of the molecule is CCN(CC)[C@@H](CNC(=O)Cc1ccc(Cl)nc1C)c1ccccc1Cl. The molecule has 0 bridgehead atoms. The summed E-state index contributed by atoms with van der Waals surface area (Å²) in [5.41, 5.74) is 2.69. The quantitative estimate of drug-likeness (QED) is 0.674. The van der Waals surface area contributed by atoms with Crippen molar-refractivity contribution >= 4 is 29.1 Å². The number of pyridine rings is 1. The highest BCUT2D eigenvalue weighted by Gasteiger charge is 2.21. The lowest BCUT2D eigenvalue weighted by Gasteiger charge is -2.31. The maximum Gasteiger partial charge on any atom is 0.224 e. The molecule has 2 aromatic rings. The van der Waals surface area contributed by atoms with E-state index >= 15 is 0 Å². The van der Waals surface area contributed by atoms with Gasteiger partial charge in [-0.25, -0.2) is 4.98 Å². The number of hydrogen-bond donors (Lipinski definition) is 1. The molecule has 4 nitrogen and oxygen atoms in total. The van der Waals surface area contributed by atoms with E-state index in [-0.39, 0.29) is 18.4 Å². The predicted molar refractivity (Wildman–Crippen MR) is 108 cm³/mol. The van der Waals surface area contributed by atoms with E-state index in [4.69, 9.17) is 23.2 Å². The highest BCUT2D eigenvalue weighted by molar-refractivity contribution is 6.31. The average Bonchev–Trinajstić information content (AvgIpc) is 2.62. The van der Waals surface area contributed by atoms with Crippen molar-refractivity contribution in [3.63, 3.8) is 0 Å². The van der Waals surface area contributed by atoms with Crippen molar-refractivity contribution in [1.29, 1.82) is 0 Å². The molecule has 1 aromatic carbocycles. The van der Waals surface area contributed by atoms with Crippen LogP contribution < -0.4 is 5.32 Å². The number of nitrogens with zero attached hydrogens (tertiary/aromatic N) is 2. The van der Waals surface area contributed by atoms with E-state index in [0.717, 1.165) is 34.9 Å². The number of halogens is 2. The summed E-state index contributed by atoms with van der Waals surface area (Å²) in [5, 5.41) is 4.20. The normalized spacial score (nSPS) is 12.2. The van der Waals surface area contributed by atoms with Crippen molar-refractivity contribution in [2.24, 2.45) is 0 Å². The molecule has 0 fully saturated rings. The Balaban J connectivity index is 2.09. The molecular weight excluding hydrogens is 369 g/mol. The molecule has 0 aliphatic heterocycles. The number of aryl methyl sites for hydroxylation is 1. The molecular formula is C20H25Cl2N3O. The highest BCUT2D eigenvalue weighted by atomic mass is 35.5. The summed E-state index contributed by atoms with van der Waals surface area (Å²) in [6.45, 7) is 8.34. The molecule has 140 valence electrons. The Bertz CT molecular complexity index is 748. The monoisotopic (exact) mass is 393 g/mol. The van der Waals surface area contributed by atoms with Gasteiger partial charge in [-0.2, -0.15) is 0 Å². The molecule has 0 saturated heterocycles. The molecule has 0 saturated carbocycles. The predicted octanol–water partition coefficient (Wildman–Crippen LogP) is 4.44. The molecule has 6 heteroatoms. The third kappa shape index (κ3) is 5.44. The Morgan fingerprint density at radius 3 is 2.46 bits per heavy atom. The number of carbonyl (C=O) groups excluding carboxylic acids is 1. The summed E-state index contributed by atoms with van der Waals surface area (Å²) < 4.78 is 0. The van der Waals surface area contributed by atoms with Crippen molar-refractivity contribution in [3.05, 3.63) is 63.4 Å². The summed E-state index contributed by atoms with van der Waals surface area (Å²) in [6, 6.07) is 11.4. The van der Waals surface area contributed by atoms with Gasteiger partial charge >= 0.3 is 0 Å². The number of carbonyl (C=O) groups is 1. The third-order valence-corrected chi connectivity index (χ3v) is 5.08. The maximum atomic E-state index is 12.4. The van der Waals surface area contributed by atoms with E-state index in [9.17, 15) is 4.79 Å². The van der Waals surface area contributed by atoms with E-state index in [1.165, 1.54) is 0 Å². The minimum absolute atomic E-state index is 0.0343.